The second-order valence-electron chi connectivity index (χ2n) is 8.45. The van der Waals surface area contributed by atoms with Gasteiger partial charge in [-0.1, -0.05) is 42.5 Å². The third-order valence-electron chi connectivity index (χ3n) is 6.06. The Balaban J connectivity index is 1.32. The molecule has 0 aliphatic carbocycles. The van der Waals surface area contributed by atoms with Gasteiger partial charge in [0, 0.05) is 44.5 Å². The Bertz CT molecular complexity index is 1060. The molecule has 1 N–H and O–H groups in total. The number of nitrogens with zero attached hydrogens (tertiary/aromatic N) is 3. The Morgan fingerprint density at radius 2 is 1.73 bits per heavy atom. The summed E-state index contributed by atoms with van der Waals surface area (Å²) in [6.45, 7) is 2.88. The molecule has 0 spiro atoms. The van der Waals surface area contributed by atoms with Crippen LogP contribution in [0.2, 0.25) is 0 Å². The van der Waals surface area contributed by atoms with Crippen LogP contribution in [0.25, 0.3) is 22.6 Å². The normalized spacial score (nSPS) is 15.9. The molecule has 0 saturated carbocycles. The second-order valence-corrected chi connectivity index (χ2v) is 8.45. The highest BCUT2D eigenvalue weighted by Crippen LogP contribution is 2.25. The molecule has 172 valence electrons. The molecule has 3 aromatic rings. The van der Waals surface area contributed by atoms with Gasteiger partial charge in [-0.05, 0) is 48.9 Å². The highest BCUT2D eigenvalue weighted by Gasteiger charge is 2.26. The third-order valence-corrected chi connectivity index (χ3v) is 6.06. The number of aryl methyl sites for hydroxylation is 1. The molecule has 0 bridgehead atoms. The fraction of sp³-hybridized carbons (Fsp3) is 0.385. The van der Waals surface area contributed by atoms with E-state index in [0.29, 0.717) is 31.2 Å². The maximum absolute atomic E-state index is 12.9. The number of benzene rings is 2. The molecule has 33 heavy (non-hydrogen) atoms. The van der Waals surface area contributed by atoms with Crippen LogP contribution in [0.15, 0.2) is 59.0 Å². The Morgan fingerprint density at radius 1 is 1.00 bits per heavy atom. The number of hydrogen-bond donors (Lipinski definition) is 1. The number of amides is 2. The topological polar surface area (TPSA) is 88.3 Å². The zero-order chi connectivity index (χ0) is 23.0. The predicted octanol–water partition coefficient (Wildman–Crippen LogP) is 4.24. The number of piperidine rings is 1. The molecular weight excluding hydrogens is 416 g/mol. The summed E-state index contributed by atoms with van der Waals surface area (Å²) in [7, 11) is 0. The molecule has 7 nitrogen and oxygen atoms in total. The van der Waals surface area contributed by atoms with Gasteiger partial charge in [0.2, 0.25) is 23.6 Å². The average molecular weight is 447 g/mol. The van der Waals surface area contributed by atoms with Gasteiger partial charge in [-0.2, -0.15) is 0 Å². The molecule has 4 rings (SSSR count). The molecule has 1 fully saturated rings. The minimum absolute atomic E-state index is 0.0365. The van der Waals surface area contributed by atoms with Crippen molar-refractivity contribution in [2.24, 2.45) is 0 Å². The fourth-order valence-electron chi connectivity index (χ4n) is 4.31. The lowest BCUT2D eigenvalue weighted by molar-refractivity contribution is -0.135. The first-order valence-corrected chi connectivity index (χ1v) is 11.6. The van der Waals surface area contributed by atoms with Crippen LogP contribution in [0.3, 0.4) is 0 Å². The number of hydrogen-bond acceptors (Lipinski definition) is 5. The van der Waals surface area contributed by atoms with E-state index < -0.39 is 0 Å². The number of likely N-dealkylation sites (tertiary alicyclic amines) is 1. The van der Waals surface area contributed by atoms with Gasteiger partial charge in [-0.3, -0.25) is 9.59 Å². The largest absolute Gasteiger partial charge is 0.421 e. The summed E-state index contributed by atoms with van der Waals surface area (Å²) in [5.41, 5.74) is 3.13. The van der Waals surface area contributed by atoms with Gasteiger partial charge in [0.15, 0.2) is 0 Å². The lowest BCUT2D eigenvalue weighted by atomic mass is 9.98. The van der Waals surface area contributed by atoms with Crippen LogP contribution in [0.5, 0.6) is 0 Å². The predicted molar refractivity (Wildman–Crippen MR) is 126 cm³/mol. The second kappa shape index (κ2) is 10.9. The summed E-state index contributed by atoms with van der Waals surface area (Å²) in [6.07, 6.45) is 4.66. The van der Waals surface area contributed by atoms with Crippen molar-refractivity contribution in [2.45, 2.75) is 51.5 Å². The van der Waals surface area contributed by atoms with E-state index in [2.05, 4.69) is 27.6 Å². The minimum atomic E-state index is -0.0365. The minimum Gasteiger partial charge on any atom is -0.421 e. The lowest BCUT2D eigenvalue weighted by Gasteiger charge is -2.36. The van der Waals surface area contributed by atoms with E-state index >= 15 is 0 Å². The maximum Gasteiger partial charge on any atom is 0.247 e. The van der Waals surface area contributed by atoms with E-state index in [-0.39, 0.29) is 17.9 Å². The first-order valence-electron chi connectivity index (χ1n) is 11.6. The highest BCUT2D eigenvalue weighted by molar-refractivity contribution is 5.77. The van der Waals surface area contributed by atoms with Crippen LogP contribution in [-0.4, -0.2) is 46.0 Å². The number of aromatic nitrogens is 2. The van der Waals surface area contributed by atoms with Crippen LogP contribution in [-0.2, 0) is 16.0 Å². The van der Waals surface area contributed by atoms with Gasteiger partial charge in [0.1, 0.15) is 0 Å². The standard InChI is InChI=1S/C26H30N4O3/c1-19(31)27-17-16-23-9-5-6-18-30(23)25(32)15-14-24-28-29-26(33-24)22-12-10-21(11-13-22)20-7-3-2-4-8-20/h2-4,7-8,10-13,23H,5-6,9,14-18H2,1H3,(H,27,31). The van der Waals surface area contributed by atoms with Gasteiger partial charge in [-0.15, -0.1) is 10.2 Å². The van der Waals surface area contributed by atoms with Gasteiger partial charge in [0.25, 0.3) is 0 Å². The maximum atomic E-state index is 12.9. The molecular formula is C26H30N4O3. The Kier molecular flexibility index (Phi) is 7.50. The molecule has 1 aromatic heterocycles. The Morgan fingerprint density at radius 3 is 2.48 bits per heavy atom. The van der Waals surface area contributed by atoms with E-state index in [1.807, 2.05) is 47.4 Å². The van der Waals surface area contributed by atoms with Crippen molar-refractivity contribution in [3.63, 3.8) is 0 Å². The van der Waals surface area contributed by atoms with Gasteiger partial charge in [-0.25, -0.2) is 0 Å². The number of carbonyl (C=O) groups is 2. The van der Waals surface area contributed by atoms with Crippen LogP contribution in [0.4, 0.5) is 0 Å². The molecule has 1 unspecified atom stereocenters. The zero-order valence-electron chi connectivity index (χ0n) is 19.0. The number of rotatable bonds is 8. The van der Waals surface area contributed by atoms with Crippen LogP contribution >= 0.6 is 0 Å². The van der Waals surface area contributed by atoms with Crippen LogP contribution < -0.4 is 5.32 Å². The molecule has 7 heteroatoms. The molecule has 1 aliphatic heterocycles. The molecule has 1 aliphatic rings. The van der Waals surface area contributed by atoms with Crippen molar-refractivity contribution in [3.8, 4) is 22.6 Å². The van der Waals surface area contributed by atoms with E-state index in [1.54, 1.807) is 0 Å². The van der Waals surface area contributed by atoms with Crippen LogP contribution in [0, 0.1) is 0 Å². The van der Waals surface area contributed by atoms with Crippen molar-refractivity contribution in [3.05, 3.63) is 60.5 Å². The number of carbonyl (C=O) groups excluding carboxylic acids is 2. The van der Waals surface area contributed by atoms with Crippen molar-refractivity contribution < 1.29 is 14.0 Å². The first kappa shape index (κ1) is 22.7. The molecule has 2 heterocycles. The smallest absolute Gasteiger partial charge is 0.247 e. The highest BCUT2D eigenvalue weighted by atomic mass is 16.4. The van der Waals surface area contributed by atoms with Crippen molar-refractivity contribution >= 4 is 11.8 Å². The zero-order valence-corrected chi connectivity index (χ0v) is 19.0. The SMILES string of the molecule is CC(=O)NCCC1CCCCN1C(=O)CCc1nnc(-c2ccc(-c3ccccc3)cc2)o1. The summed E-state index contributed by atoms with van der Waals surface area (Å²) in [4.78, 5) is 26.0. The van der Waals surface area contributed by atoms with Gasteiger partial charge >= 0.3 is 0 Å². The van der Waals surface area contributed by atoms with Gasteiger partial charge in [0.05, 0.1) is 0 Å². The van der Waals surface area contributed by atoms with Gasteiger partial charge < -0.3 is 14.6 Å². The summed E-state index contributed by atoms with van der Waals surface area (Å²) in [5, 5.41) is 11.1. The Labute approximate surface area is 194 Å². The molecule has 1 saturated heterocycles. The quantitative estimate of drug-likeness (QED) is 0.559. The number of nitrogens with one attached hydrogen (secondary N) is 1. The van der Waals surface area contributed by atoms with Crippen molar-refractivity contribution in [1.82, 2.24) is 20.4 Å². The average Bonchev–Trinajstić information content (AvgIpc) is 3.32. The van der Waals surface area contributed by atoms with E-state index in [9.17, 15) is 9.59 Å². The lowest BCUT2D eigenvalue weighted by Crippen LogP contribution is -2.45. The van der Waals surface area contributed by atoms with E-state index in [4.69, 9.17) is 4.42 Å². The first-order chi connectivity index (χ1) is 16.1. The Hall–Kier alpha value is -3.48. The molecule has 2 aromatic carbocycles. The van der Waals surface area contributed by atoms with E-state index in [1.165, 1.54) is 6.92 Å². The summed E-state index contributed by atoms with van der Waals surface area (Å²) < 4.78 is 5.83. The van der Waals surface area contributed by atoms with Crippen molar-refractivity contribution in [1.29, 1.82) is 0 Å². The summed E-state index contributed by atoms with van der Waals surface area (Å²) >= 11 is 0. The van der Waals surface area contributed by atoms with Crippen molar-refractivity contribution in [2.75, 3.05) is 13.1 Å². The molecule has 0 radical (unpaired) electrons. The third kappa shape index (κ3) is 6.06. The summed E-state index contributed by atoms with van der Waals surface area (Å²) in [6, 6.07) is 18.4. The van der Waals surface area contributed by atoms with E-state index in [0.717, 1.165) is 48.9 Å². The summed E-state index contributed by atoms with van der Waals surface area (Å²) in [5.74, 6) is 1.00. The monoisotopic (exact) mass is 446 g/mol. The van der Waals surface area contributed by atoms with Crippen LogP contribution in [0.1, 0.15) is 44.9 Å². The molecule has 2 amide bonds. The fourth-order valence-corrected chi connectivity index (χ4v) is 4.31. The molecule has 1 atom stereocenters.